The number of aromatic nitrogens is 1. The molecule has 0 radical (unpaired) electrons. The predicted molar refractivity (Wildman–Crippen MR) is 103 cm³/mol. The fourth-order valence-corrected chi connectivity index (χ4v) is 3.12. The zero-order valence-corrected chi connectivity index (χ0v) is 16.0. The number of hydrogen-bond donors (Lipinski definition) is 1. The highest BCUT2D eigenvalue weighted by Gasteiger charge is 2.15. The van der Waals surface area contributed by atoms with Gasteiger partial charge < -0.3 is 19.3 Å². The van der Waals surface area contributed by atoms with Crippen molar-refractivity contribution in [3.05, 3.63) is 36.0 Å². The summed E-state index contributed by atoms with van der Waals surface area (Å²) in [6.07, 6.45) is 4.56. The van der Waals surface area contributed by atoms with Crippen molar-refractivity contribution < 1.29 is 24.1 Å². The fourth-order valence-electron chi connectivity index (χ4n) is 3.12. The Morgan fingerprint density at radius 1 is 1.07 bits per heavy atom. The smallest absolute Gasteiger partial charge is 0.290 e. The summed E-state index contributed by atoms with van der Waals surface area (Å²) < 4.78 is 16.2. The van der Waals surface area contributed by atoms with Gasteiger partial charge in [-0.05, 0) is 49.7 Å². The summed E-state index contributed by atoms with van der Waals surface area (Å²) in [5.41, 5.74) is 3.07. The van der Waals surface area contributed by atoms with Gasteiger partial charge in [0, 0.05) is 18.3 Å². The number of nitrogens with zero attached hydrogens (tertiary/aromatic N) is 2. The average Bonchev–Trinajstić information content (AvgIpc) is 3.21. The van der Waals surface area contributed by atoms with Crippen molar-refractivity contribution in [3.8, 4) is 28.5 Å². The largest absolute Gasteiger partial charge is 0.493 e. The van der Waals surface area contributed by atoms with Crippen LogP contribution < -0.4 is 14.2 Å². The Balaban J connectivity index is 0.000000817. The second kappa shape index (κ2) is 10.4. The molecule has 0 amide bonds. The third kappa shape index (κ3) is 5.34. The van der Waals surface area contributed by atoms with E-state index in [1.807, 2.05) is 24.4 Å². The third-order valence-electron chi connectivity index (χ3n) is 4.39. The number of methoxy groups -OCH3 is 3. The van der Waals surface area contributed by atoms with Gasteiger partial charge >= 0.3 is 0 Å². The van der Waals surface area contributed by atoms with Crippen LogP contribution in [0.25, 0.3) is 11.3 Å². The van der Waals surface area contributed by atoms with E-state index < -0.39 is 0 Å². The number of pyridine rings is 1. The Morgan fingerprint density at radius 3 is 2.11 bits per heavy atom. The molecule has 0 spiro atoms. The van der Waals surface area contributed by atoms with Crippen molar-refractivity contribution in [2.75, 3.05) is 34.4 Å². The second-order valence-corrected chi connectivity index (χ2v) is 6.05. The summed E-state index contributed by atoms with van der Waals surface area (Å²) in [6.45, 7) is 3.10. The van der Waals surface area contributed by atoms with Gasteiger partial charge in [-0.15, -0.1) is 0 Å². The molecule has 1 aliphatic rings. The number of benzene rings is 1. The molecule has 7 heteroatoms. The molecule has 0 aliphatic carbocycles. The van der Waals surface area contributed by atoms with Gasteiger partial charge in [0.25, 0.3) is 6.47 Å². The van der Waals surface area contributed by atoms with Crippen LogP contribution in [0.3, 0.4) is 0 Å². The van der Waals surface area contributed by atoms with Crippen LogP contribution >= 0.6 is 0 Å². The monoisotopic (exact) mass is 374 g/mol. The fraction of sp³-hybridized carbons (Fsp3) is 0.400. The lowest BCUT2D eigenvalue weighted by molar-refractivity contribution is -0.122. The zero-order chi connectivity index (χ0) is 19.6. The van der Waals surface area contributed by atoms with E-state index in [9.17, 15) is 0 Å². The van der Waals surface area contributed by atoms with Gasteiger partial charge in [0.15, 0.2) is 11.5 Å². The summed E-state index contributed by atoms with van der Waals surface area (Å²) >= 11 is 0. The van der Waals surface area contributed by atoms with Gasteiger partial charge in [-0.3, -0.25) is 14.7 Å². The van der Waals surface area contributed by atoms with Crippen molar-refractivity contribution in [2.45, 2.75) is 19.4 Å². The van der Waals surface area contributed by atoms with Gasteiger partial charge in [0.1, 0.15) is 0 Å². The molecule has 0 bridgehead atoms. The molecule has 2 heterocycles. The van der Waals surface area contributed by atoms with Crippen molar-refractivity contribution in [3.63, 3.8) is 0 Å². The Labute approximate surface area is 159 Å². The molecule has 7 nitrogen and oxygen atoms in total. The standard InChI is InChI=1S/C19H24N2O3.CH2O2/c1-22-17-10-15(11-18(23-2)19(17)24-3)16-7-6-14(12-20-16)13-21-8-4-5-9-21;2-1-3/h6-7,10-12H,4-5,8-9,13H2,1-3H3;1H,(H,2,3). The lowest BCUT2D eigenvalue weighted by atomic mass is 10.1. The molecule has 1 aromatic heterocycles. The van der Waals surface area contributed by atoms with Crippen LogP contribution in [0, 0.1) is 0 Å². The summed E-state index contributed by atoms with van der Waals surface area (Å²) in [4.78, 5) is 15.4. The molecule has 146 valence electrons. The van der Waals surface area contributed by atoms with Crippen LogP contribution in [0.15, 0.2) is 30.5 Å². The Kier molecular flexibility index (Phi) is 7.88. The minimum atomic E-state index is -0.250. The van der Waals surface area contributed by atoms with Gasteiger partial charge in [-0.25, -0.2) is 0 Å². The summed E-state index contributed by atoms with van der Waals surface area (Å²) in [6, 6.07) is 8.03. The van der Waals surface area contributed by atoms with E-state index in [-0.39, 0.29) is 6.47 Å². The van der Waals surface area contributed by atoms with E-state index in [1.54, 1.807) is 21.3 Å². The molecule has 1 N–H and O–H groups in total. The van der Waals surface area contributed by atoms with Crippen LogP contribution in [0.5, 0.6) is 17.2 Å². The number of hydrogen-bond acceptors (Lipinski definition) is 6. The molecule has 27 heavy (non-hydrogen) atoms. The van der Waals surface area contributed by atoms with E-state index >= 15 is 0 Å². The molecule has 1 aromatic carbocycles. The first-order valence-electron chi connectivity index (χ1n) is 8.72. The van der Waals surface area contributed by atoms with Gasteiger partial charge in [0.05, 0.1) is 27.0 Å². The average molecular weight is 374 g/mol. The Bertz CT molecular complexity index is 703. The van der Waals surface area contributed by atoms with E-state index in [0.717, 1.165) is 17.8 Å². The van der Waals surface area contributed by atoms with Gasteiger partial charge in [-0.2, -0.15) is 0 Å². The first kappa shape index (κ1) is 20.5. The molecule has 1 fully saturated rings. The van der Waals surface area contributed by atoms with Crippen LogP contribution in [-0.2, 0) is 11.3 Å². The van der Waals surface area contributed by atoms with Crippen LogP contribution in [0.1, 0.15) is 18.4 Å². The summed E-state index contributed by atoms with van der Waals surface area (Å²) in [7, 11) is 4.84. The SMILES string of the molecule is COc1cc(-c2ccc(CN3CCCC3)cn2)cc(OC)c1OC.O=CO. The second-order valence-electron chi connectivity index (χ2n) is 6.05. The topological polar surface area (TPSA) is 81.1 Å². The van der Waals surface area contributed by atoms with Crippen molar-refractivity contribution in [1.29, 1.82) is 0 Å². The van der Waals surface area contributed by atoms with Crippen LogP contribution in [0.4, 0.5) is 0 Å². The minimum Gasteiger partial charge on any atom is -0.493 e. The minimum absolute atomic E-state index is 0.250. The van der Waals surface area contributed by atoms with Crippen molar-refractivity contribution in [2.24, 2.45) is 0 Å². The highest BCUT2D eigenvalue weighted by atomic mass is 16.5. The predicted octanol–water partition coefficient (Wildman–Crippen LogP) is 3.07. The van der Waals surface area contributed by atoms with Crippen molar-refractivity contribution >= 4 is 6.47 Å². The third-order valence-corrected chi connectivity index (χ3v) is 4.39. The van der Waals surface area contributed by atoms with Gasteiger partial charge in [-0.1, -0.05) is 6.07 Å². The number of likely N-dealkylation sites (tertiary alicyclic amines) is 1. The molecule has 0 saturated carbocycles. The highest BCUT2D eigenvalue weighted by molar-refractivity contribution is 5.68. The molecule has 0 unspecified atom stereocenters. The van der Waals surface area contributed by atoms with E-state index in [1.165, 1.54) is 31.5 Å². The van der Waals surface area contributed by atoms with Crippen LogP contribution in [-0.4, -0.2) is 55.9 Å². The van der Waals surface area contributed by atoms with Crippen molar-refractivity contribution in [1.82, 2.24) is 9.88 Å². The van der Waals surface area contributed by atoms with E-state index in [2.05, 4.69) is 16.0 Å². The maximum absolute atomic E-state index is 8.36. The zero-order valence-electron chi connectivity index (χ0n) is 16.0. The lowest BCUT2D eigenvalue weighted by Crippen LogP contribution is -2.18. The lowest BCUT2D eigenvalue weighted by Gasteiger charge is -2.15. The summed E-state index contributed by atoms with van der Waals surface area (Å²) in [5, 5.41) is 6.89. The number of carbonyl (C=O) groups is 1. The molecule has 0 atom stereocenters. The van der Waals surface area contributed by atoms with E-state index in [4.69, 9.17) is 24.1 Å². The van der Waals surface area contributed by atoms with Gasteiger partial charge in [0.2, 0.25) is 5.75 Å². The number of carboxylic acid groups (broad SMARTS) is 1. The molecular weight excluding hydrogens is 348 g/mol. The Hall–Kier alpha value is -2.80. The molecular formula is C20H26N2O5. The Morgan fingerprint density at radius 2 is 1.67 bits per heavy atom. The molecule has 1 saturated heterocycles. The number of ether oxygens (including phenoxy) is 3. The molecule has 2 aromatic rings. The summed E-state index contributed by atoms with van der Waals surface area (Å²) in [5.74, 6) is 1.86. The maximum Gasteiger partial charge on any atom is 0.290 e. The normalized spacial score (nSPS) is 13.4. The first-order chi connectivity index (χ1) is 13.2. The molecule has 3 rings (SSSR count). The highest BCUT2D eigenvalue weighted by Crippen LogP contribution is 2.40. The quantitative estimate of drug-likeness (QED) is 0.778. The van der Waals surface area contributed by atoms with E-state index in [0.29, 0.717) is 17.2 Å². The number of rotatable bonds is 6. The van der Waals surface area contributed by atoms with Crippen LogP contribution in [0.2, 0.25) is 0 Å². The maximum atomic E-state index is 8.36. The first-order valence-corrected chi connectivity index (χ1v) is 8.72. The molecule has 1 aliphatic heterocycles.